The molecule has 0 radical (unpaired) electrons. The molecule has 15 heteroatoms. The largest absolute Gasteiger partial charge is 0.516 e. The number of nitrogens with zero attached hydrogens (tertiary/aromatic N) is 3. The predicted octanol–water partition coefficient (Wildman–Crippen LogP) is 13.4. The Bertz CT molecular complexity index is 2780. The average molecular weight is 958 g/mol. The predicted molar refractivity (Wildman–Crippen MR) is 266 cm³/mol. The molecule has 0 aromatic heterocycles. The first kappa shape index (κ1) is 48.6. The Kier molecular flexibility index (Phi) is 16.3. The van der Waals surface area contributed by atoms with E-state index in [-0.39, 0.29) is 44.9 Å². The highest BCUT2D eigenvalue weighted by Gasteiger charge is 2.44. The van der Waals surface area contributed by atoms with Crippen molar-refractivity contribution in [1.29, 1.82) is 0 Å². The van der Waals surface area contributed by atoms with Gasteiger partial charge < -0.3 is 27.1 Å². The van der Waals surface area contributed by atoms with Gasteiger partial charge >= 0.3 is 23.2 Å². The van der Waals surface area contributed by atoms with Gasteiger partial charge in [-0.15, -0.1) is 26.3 Å². The van der Waals surface area contributed by atoms with E-state index in [0.29, 0.717) is 51.0 Å². The van der Waals surface area contributed by atoms with Crippen LogP contribution in [0.2, 0.25) is 0 Å². The van der Waals surface area contributed by atoms with Crippen molar-refractivity contribution in [1.82, 2.24) is 14.0 Å². The van der Waals surface area contributed by atoms with Gasteiger partial charge in [0.2, 0.25) is 0 Å². The fraction of sp³-hybridized carbons (Fsp3) is 0.154. The van der Waals surface area contributed by atoms with Gasteiger partial charge in [0.05, 0.1) is 0 Å². The quantitative estimate of drug-likeness (QED) is 0.0449. The SMILES string of the molecule is C=CCN(CC=C)P(=O)(Oc1ccccc1)Oc1ccccc1Cc1cccc2c1OP(=O)(Oc1ccccc1)N(C)CC2c1ccccc1OP(=O)(Oc1ccccc1)N(CC=C)CC=C. The number of para-hydroxylation sites is 6. The van der Waals surface area contributed by atoms with Crippen LogP contribution < -0.4 is 27.1 Å². The molecule has 0 amide bonds. The van der Waals surface area contributed by atoms with E-state index < -0.39 is 29.2 Å². The van der Waals surface area contributed by atoms with Crippen LogP contribution in [-0.2, 0) is 20.1 Å². The van der Waals surface area contributed by atoms with Gasteiger partial charge in [0.25, 0.3) is 0 Å². The molecule has 346 valence electrons. The lowest BCUT2D eigenvalue weighted by Gasteiger charge is -2.30. The van der Waals surface area contributed by atoms with Gasteiger partial charge in [-0.05, 0) is 66.7 Å². The smallest absolute Gasteiger partial charge is 0.404 e. The zero-order valence-corrected chi connectivity index (χ0v) is 40.0. The summed E-state index contributed by atoms with van der Waals surface area (Å²) >= 11 is 0. The molecule has 0 saturated heterocycles. The van der Waals surface area contributed by atoms with Crippen molar-refractivity contribution in [2.75, 3.05) is 39.8 Å². The van der Waals surface area contributed by atoms with Gasteiger partial charge in [-0.25, -0.2) is 13.7 Å². The molecule has 0 fully saturated rings. The maximum atomic E-state index is 15.3. The first-order chi connectivity index (χ1) is 32.5. The molecular weight excluding hydrogens is 904 g/mol. The topological polar surface area (TPSA) is 116 Å². The Hall–Kier alpha value is -6.35. The van der Waals surface area contributed by atoms with Gasteiger partial charge in [-0.2, -0.15) is 14.0 Å². The fourth-order valence-electron chi connectivity index (χ4n) is 7.43. The molecule has 67 heavy (non-hydrogen) atoms. The van der Waals surface area contributed by atoms with E-state index >= 15 is 13.7 Å². The maximum Gasteiger partial charge on any atom is 0.516 e. The lowest BCUT2D eigenvalue weighted by Crippen LogP contribution is -2.27. The first-order valence-corrected chi connectivity index (χ1v) is 26.1. The molecule has 1 heterocycles. The fourth-order valence-corrected chi connectivity index (χ4v) is 12.4. The van der Waals surface area contributed by atoms with E-state index in [1.807, 2.05) is 60.7 Å². The van der Waals surface area contributed by atoms with Gasteiger partial charge in [0.15, 0.2) is 0 Å². The summed E-state index contributed by atoms with van der Waals surface area (Å²) in [4.78, 5) is 0. The third-order valence-corrected chi connectivity index (χ3v) is 16.2. The molecule has 4 unspecified atom stereocenters. The third kappa shape index (κ3) is 11.8. The summed E-state index contributed by atoms with van der Waals surface area (Å²) in [6.45, 7) is 16.3. The number of likely N-dealkylation sites (N-methyl/N-ethyl adjacent to an activating group) is 1. The van der Waals surface area contributed by atoms with Crippen LogP contribution in [0.4, 0.5) is 0 Å². The van der Waals surface area contributed by atoms with E-state index in [1.54, 1.807) is 142 Å². The lowest BCUT2D eigenvalue weighted by atomic mass is 9.87. The van der Waals surface area contributed by atoms with Crippen LogP contribution in [0.25, 0.3) is 0 Å². The number of hydrogen-bond acceptors (Lipinski definition) is 9. The second-order valence-corrected chi connectivity index (χ2v) is 21.1. The normalized spacial score (nSPS) is 17.6. The Labute approximate surface area is 393 Å². The lowest BCUT2D eigenvalue weighted by molar-refractivity contribution is 0.301. The standard InChI is InChI=1S/C52H54N3O9P3/c1-6-36-54(37-7-2)66(57,60-45-28-15-11-16-29-45)62-50-34-21-19-24-42(50)40-43-25-23-33-48-49(41-53(5)65(56,64-52(43)48)59-44-26-13-10-14-27-44)47-32-20-22-35-51(47)63-67(58,55(38-8-3)39-9-4)61-46-30-17-12-18-31-46/h6-35,49H,1-4,36-41H2,5H3. The van der Waals surface area contributed by atoms with Crippen molar-refractivity contribution in [3.63, 3.8) is 0 Å². The minimum absolute atomic E-state index is 0.121. The van der Waals surface area contributed by atoms with Gasteiger partial charge in [-0.3, -0.25) is 0 Å². The van der Waals surface area contributed by atoms with E-state index in [2.05, 4.69) is 26.3 Å². The molecule has 1 aliphatic rings. The first-order valence-electron chi connectivity index (χ1n) is 21.6. The summed E-state index contributed by atoms with van der Waals surface area (Å²) in [6.07, 6.45) is 6.66. The van der Waals surface area contributed by atoms with Crippen molar-refractivity contribution in [2.45, 2.75) is 12.3 Å². The molecule has 12 nitrogen and oxygen atoms in total. The van der Waals surface area contributed by atoms with Crippen molar-refractivity contribution < 1.29 is 40.8 Å². The van der Waals surface area contributed by atoms with Crippen LogP contribution in [-0.4, -0.2) is 53.8 Å². The van der Waals surface area contributed by atoms with Gasteiger partial charge in [0, 0.05) is 56.2 Å². The molecule has 7 rings (SSSR count). The molecule has 1 aliphatic heterocycles. The van der Waals surface area contributed by atoms with Crippen molar-refractivity contribution >= 4 is 23.2 Å². The number of rotatable bonds is 23. The van der Waals surface area contributed by atoms with Crippen LogP contribution >= 0.6 is 23.2 Å². The van der Waals surface area contributed by atoms with Crippen molar-refractivity contribution in [2.24, 2.45) is 0 Å². The van der Waals surface area contributed by atoms with E-state index in [4.69, 9.17) is 27.1 Å². The van der Waals surface area contributed by atoms with Crippen LogP contribution in [0.15, 0.2) is 208 Å². The Morgan fingerprint density at radius 3 is 1.54 bits per heavy atom. The monoisotopic (exact) mass is 957 g/mol. The second kappa shape index (κ2) is 22.4. The summed E-state index contributed by atoms with van der Waals surface area (Å²) in [5.74, 6) is 1.31. The van der Waals surface area contributed by atoms with Gasteiger partial charge in [0.1, 0.15) is 34.5 Å². The Balaban J connectivity index is 1.34. The zero-order chi connectivity index (χ0) is 47.3. The molecule has 0 spiro atoms. The number of fused-ring (bicyclic) bond motifs is 1. The average Bonchev–Trinajstić information content (AvgIpc) is 3.43. The third-order valence-electron chi connectivity index (χ3n) is 10.6. The summed E-state index contributed by atoms with van der Waals surface area (Å²) in [6, 6.07) is 46.6. The maximum absolute atomic E-state index is 15.3. The highest BCUT2D eigenvalue weighted by atomic mass is 31.2. The van der Waals surface area contributed by atoms with Crippen LogP contribution in [0, 0.1) is 0 Å². The summed E-state index contributed by atoms with van der Waals surface area (Å²) in [7, 11) is -10.8. The number of hydrogen-bond donors (Lipinski definition) is 0. The van der Waals surface area contributed by atoms with E-state index in [1.165, 1.54) is 0 Å². The van der Waals surface area contributed by atoms with Crippen LogP contribution in [0.5, 0.6) is 34.5 Å². The number of benzene rings is 6. The van der Waals surface area contributed by atoms with Crippen LogP contribution in [0.1, 0.15) is 28.2 Å². The summed E-state index contributed by atoms with van der Waals surface area (Å²) in [5.41, 5.74) is 2.53. The van der Waals surface area contributed by atoms with E-state index in [9.17, 15) is 0 Å². The molecule has 6 aromatic carbocycles. The summed E-state index contributed by atoms with van der Waals surface area (Å²) in [5, 5.41) is 0. The highest BCUT2D eigenvalue weighted by molar-refractivity contribution is 7.52. The molecule has 4 atom stereocenters. The minimum Gasteiger partial charge on any atom is -0.404 e. The molecule has 0 N–H and O–H groups in total. The molecule has 0 saturated carbocycles. The molecule has 6 aromatic rings. The zero-order valence-electron chi connectivity index (χ0n) is 37.3. The van der Waals surface area contributed by atoms with Gasteiger partial charge in [-0.1, -0.05) is 133 Å². The molecule has 0 bridgehead atoms. The van der Waals surface area contributed by atoms with Crippen molar-refractivity contribution in [3.05, 3.63) is 231 Å². The summed E-state index contributed by atoms with van der Waals surface area (Å²) < 4.78 is 88.8. The minimum atomic E-state index is -4.18. The second-order valence-electron chi connectivity index (χ2n) is 15.3. The molecular formula is C52H54N3O9P3. The van der Waals surface area contributed by atoms with E-state index in [0.717, 1.165) is 0 Å². The Morgan fingerprint density at radius 1 is 0.567 bits per heavy atom. The Morgan fingerprint density at radius 2 is 1.00 bits per heavy atom. The van der Waals surface area contributed by atoms with Crippen molar-refractivity contribution in [3.8, 4) is 34.5 Å². The van der Waals surface area contributed by atoms with Crippen LogP contribution in [0.3, 0.4) is 0 Å². The molecule has 0 aliphatic carbocycles. The highest BCUT2D eigenvalue weighted by Crippen LogP contribution is 2.59.